The van der Waals surface area contributed by atoms with Gasteiger partial charge in [-0.2, -0.15) is 5.10 Å². The highest BCUT2D eigenvalue weighted by molar-refractivity contribution is 6.31. The average Bonchev–Trinajstić information content (AvgIpc) is 3.20. The second kappa shape index (κ2) is 8.89. The van der Waals surface area contributed by atoms with Crippen LogP contribution in [0.4, 0.5) is 0 Å². The van der Waals surface area contributed by atoms with Crippen molar-refractivity contribution in [3.8, 4) is 11.5 Å². The number of benzene rings is 2. The lowest BCUT2D eigenvalue weighted by atomic mass is 10.0. The van der Waals surface area contributed by atoms with E-state index < -0.39 is 0 Å². The minimum absolute atomic E-state index is 0.303. The number of ether oxygens (including phenoxy) is 2. The van der Waals surface area contributed by atoms with Crippen LogP contribution < -0.4 is 9.47 Å². The first-order valence-electron chi connectivity index (χ1n) is 8.96. The molecule has 0 aliphatic heterocycles. The minimum Gasteiger partial charge on any atom is -0.496 e. The van der Waals surface area contributed by atoms with E-state index >= 15 is 0 Å². The summed E-state index contributed by atoms with van der Waals surface area (Å²) in [7, 11) is 1.65. The van der Waals surface area contributed by atoms with Gasteiger partial charge in [-0.05, 0) is 59.9 Å². The van der Waals surface area contributed by atoms with Gasteiger partial charge in [-0.3, -0.25) is 0 Å². The highest BCUT2D eigenvalue weighted by Crippen LogP contribution is 2.33. The fourth-order valence-corrected chi connectivity index (χ4v) is 2.95. The van der Waals surface area contributed by atoms with E-state index in [9.17, 15) is 0 Å². The molecular weight excluding hydrogens is 376 g/mol. The van der Waals surface area contributed by atoms with Crippen molar-refractivity contribution < 1.29 is 9.47 Å². The number of rotatable bonds is 7. The summed E-state index contributed by atoms with van der Waals surface area (Å²) in [6.07, 6.45) is 4.79. The first kappa shape index (κ1) is 19.9. The monoisotopic (exact) mass is 398 g/mol. The predicted octanol–water partition coefficient (Wildman–Crippen LogP) is 4.83. The molecule has 0 atom stereocenters. The van der Waals surface area contributed by atoms with E-state index in [1.54, 1.807) is 13.3 Å². The van der Waals surface area contributed by atoms with E-state index in [0.717, 1.165) is 38.8 Å². The van der Waals surface area contributed by atoms with Crippen molar-refractivity contribution in [2.45, 2.75) is 33.3 Å². The maximum Gasteiger partial charge on any atom is 0.141 e. The van der Waals surface area contributed by atoms with Crippen LogP contribution in [0.5, 0.6) is 11.5 Å². The van der Waals surface area contributed by atoms with E-state index in [1.165, 1.54) is 17.3 Å². The molecule has 6 nitrogen and oxygen atoms in total. The smallest absolute Gasteiger partial charge is 0.141 e. The molecule has 7 heteroatoms. The molecule has 0 radical (unpaired) electrons. The van der Waals surface area contributed by atoms with Gasteiger partial charge in [0.15, 0.2) is 0 Å². The van der Waals surface area contributed by atoms with E-state index in [-0.39, 0.29) is 0 Å². The molecule has 28 heavy (non-hydrogen) atoms. The normalized spacial score (nSPS) is 11.4. The molecule has 0 spiro atoms. The molecular formula is C21H23ClN4O2. The van der Waals surface area contributed by atoms with Gasteiger partial charge >= 0.3 is 0 Å². The van der Waals surface area contributed by atoms with Crippen molar-refractivity contribution in [3.05, 3.63) is 70.3 Å². The molecule has 3 rings (SSSR count). The highest BCUT2D eigenvalue weighted by atomic mass is 35.5. The molecule has 0 N–H and O–H groups in total. The first-order valence-corrected chi connectivity index (χ1v) is 9.34. The van der Waals surface area contributed by atoms with Crippen molar-refractivity contribution in [2.75, 3.05) is 7.11 Å². The molecule has 146 valence electrons. The Hall–Kier alpha value is -2.86. The van der Waals surface area contributed by atoms with Crippen LogP contribution in [-0.2, 0) is 6.61 Å². The summed E-state index contributed by atoms with van der Waals surface area (Å²) in [5, 5.41) is 12.5. The number of methoxy groups -OCH3 is 1. The number of hydrogen-bond acceptors (Lipinski definition) is 5. The quantitative estimate of drug-likeness (QED) is 0.534. The number of hydrogen-bond donors (Lipinski definition) is 0. The van der Waals surface area contributed by atoms with Gasteiger partial charge in [0.2, 0.25) is 0 Å². The van der Waals surface area contributed by atoms with Crippen molar-refractivity contribution in [3.63, 3.8) is 0 Å². The second-order valence-corrected chi connectivity index (χ2v) is 7.15. The van der Waals surface area contributed by atoms with E-state index in [2.05, 4.69) is 29.1 Å². The van der Waals surface area contributed by atoms with Crippen LogP contribution in [0.1, 0.15) is 42.0 Å². The number of aromatic nitrogens is 3. The maximum absolute atomic E-state index is 6.29. The standard InChI is InChI=1S/C21H23ClN4O2/c1-14(2)18-9-19(22)15(3)7-21(18)28-11-17-8-16(5-6-20(17)27-4)10-25-26-12-23-24-13-26/h5-10,12-14H,11H2,1-4H3/b25-10+. The summed E-state index contributed by atoms with van der Waals surface area (Å²) in [6, 6.07) is 9.80. The molecule has 0 unspecified atom stereocenters. The number of aryl methyl sites for hydroxylation is 1. The summed E-state index contributed by atoms with van der Waals surface area (Å²) in [5.41, 5.74) is 3.92. The Kier molecular flexibility index (Phi) is 6.31. The Morgan fingerprint density at radius 2 is 1.89 bits per heavy atom. The third kappa shape index (κ3) is 4.70. The summed E-state index contributed by atoms with van der Waals surface area (Å²) >= 11 is 6.29. The van der Waals surface area contributed by atoms with Crippen LogP contribution in [0.3, 0.4) is 0 Å². The lowest BCUT2D eigenvalue weighted by molar-refractivity contribution is 0.292. The SMILES string of the molecule is COc1ccc(/C=N/n2cnnc2)cc1COc1cc(C)c(Cl)cc1C(C)C. The molecule has 0 aliphatic carbocycles. The molecule has 2 aromatic carbocycles. The number of nitrogens with zero attached hydrogens (tertiary/aromatic N) is 4. The fourth-order valence-electron chi connectivity index (χ4n) is 2.78. The Morgan fingerprint density at radius 1 is 1.14 bits per heavy atom. The minimum atomic E-state index is 0.303. The third-order valence-electron chi connectivity index (χ3n) is 4.35. The molecule has 0 fully saturated rings. The van der Waals surface area contributed by atoms with Gasteiger partial charge in [-0.15, -0.1) is 10.2 Å². The van der Waals surface area contributed by atoms with Gasteiger partial charge in [0.1, 0.15) is 30.8 Å². The van der Waals surface area contributed by atoms with Crippen LogP contribution in [0.15, 0.2) is 48.1 Å². The first-order chi connectivity index (χ1) is 13.5. The molecule has 3 aromatic rings. The predicted molar refractivity (Wildman–Crippen MR) is 111 cm³/mol. The molecule has 0 saturated heterocycles. The average molecular weight is 399 g/mol. The van der Waals surface area contributed by atoms with Gasteiger partial charge in [0, 0.05) is 10.6 Å². The van der Waals surface area contributed by atoms with Crippen LogP contribution in [0.2, 0.25) is 5.02 Å². The lowest BCUT2D eigenvalue weighted by Crippen LogP contribution is -2.03. The molecule has 0 amide bonds. The van der Waals surface area contributed by atoms with Gasteiger partial charge in [0.25, 0.3) is 0 Å². The summed E-state index contributed by atoms with van der Waals surface area (Å²) < 4.78 is 13.2. The van der Waals surface area contributed by atoms with Gasteiger partial charge < -0.3 is 9.47 Å². The van der Waals surface area contributed by atoms with Crippen LogP contribution in [0, 0.1) is 6.92 Å². The fraction of sp³-hybridized carbons (Fsp3) is 0.286. The highest BCUT2D eigenvalue weighted by Gasteiger charge is 2.13. The molecule has 0 aliphatic rings. The Labute approximate surface area is 169 Å². The van der Waals surface area contributed by atoms with Crippen molar-refractivity contribution in [1.29, 1.82) is 0 Å². The van der Waals surface area contributed by atoms with Crippen LogP contribution >= 0.6 is 11.6 Å². The summed E-state index contributed by atoms with van der Waals surface area (Å²) in [4.78, 5) is 0. The van der Waals surface area contributed by atoms with Crippen molar-refractivity contribution >= 4 is 17.8 Å². The van der Waals surface area contributed by atoms with Gasteiger partial charge in [-0.25, -0.2) is 4.68 Å². The third-order valence-corrected chi connectivity index (χ3v) is 4.75. The second-order valence-electron chi connectivity index (χ2n) is 6.74. The van der Waals surface area contributed by atoms with Crippen LogP contribution in [0.25, 0.3) is 0 Å². The molecule has 0 saturated carbocycles. The van der Waals surface area contributed by atoms with E-state index in [4.69, 9.17) is 21.1 Å². The Morgan fingerprint density at radius 3 is 2.57 bits per heavy atom. The lowest BCUT2D eigenvalue weighted by Gasteiger charge is -2.17. The number of halogens is 1. The van der Waals surface area contributed by atoms with Crippen LogP contribution in [-0.4, -0.2) is 28.2 Å². The van der Waals surface area contributed by atoms with Crippen molar-refractivity contribution in [1.82, 2.24) is 14.9 Å². The van der Waals surface area contributed by atoms with Gasteiger partial charge in [-0.1, -0.05) is 25.4 Å². The zero-order chi connectivity index (χ0) is 20.1. The Bertz CT molecular complexity index is 969. The van der Waals surface area contributed by atoms with Gasteiger partial charge in [0.05, 0.1) is 13.3 Å². The molecule has 1 aromatic heterocycles. The van der Waals surface area contributed by atoms with Crippen molar-refractivity contribution in [2.24, 2.45) is 5.10 Å². The van der Waals surface area contributed by atoms with E-state index in [0.29, 0.717) is 12.5 Å². The topological polar surface area (TPSA) is 61.5 Å². The zero-order valence-electron chi connectivity index (χ0n) is 16.4. The largest absolute Gasteiger partial charge is 0.496 e. The zero-order valence-corrected chi connectivity index (χ0v) is 17.1. The maximum atomic E-state index is 6.29. The summed E-state index contributed by atoms with van der Waals surface area (Å²) in [5.74, 6) is 1.90. The summed E-state index contributed by atoms with van der Waals surface area (Å²) in [6.45, 7) is 6.59. The molecule has 1 heterocycles. The van der Waals surface area contributed by atoms with E-state index in [1.807, 2.05) is 37.3 Å². The molecule has 0 bridgehead atoms. The Balaban J connectivity index is 1.84.